The predicted molar refractivity (Wildman–Crippen MR) is 85.5 cm³/mol. The molecule has 0 amide bonds. The molecule has 0 saturated heterocycles. The Bertz CT molecular complexity index is 548. The van der Waals surface area contributed by atoms with E-state index >= 15 is 0 Å². The Labute approximate surface area is 127 Å². The fourth-order valence-electron chi connectivity index (χ4n) is 2.19. The van der Waals surface area contributed by atoms with E-state index in [4.69, 9.17) is 4.74 Å². The summed E-state index contributed by atoms with van der Waals surface area (Å²) >= 11 is 0. The van der Waals surface area contributed by atoms with Crippen LogP contribution >= 0.6 is 0 Å². The maximum atomic E-state index is 5.84. The molecule has 1 aromatic heterocycles. The molecule has 0 aliphatic heterocycles. The van der Waals surface area contributed by atoms with Gasteiger partial charge in [0.15, 0.2) is 5.75 Å². The van der Waals surface area contributed by atoms with Gasteiger partial charge in [0.2, 0.25) is 0 Å². The largest absolute Gasteiger partial charge is 0.486 e. The number of benzene rings is 1. The standard InChI is InChI=1S/C17H25N3O/c1-4-20-12-17(11-19-20)21-13-16-8-6-5-7-15(16)9-10-18-14(2)3/h5-8,11-12,14,18H,4,9-10,13H2,1-3H3. The summed E-state index contributed by atoms with van der Waals surface area (Å²) in [6, 6.07) is 8.98. The van der Waals surface area contributed by atoms with E-state index in [1.165, 1.54) is 11.1 Å². The smallest absolute Gasteiger partial charge is 0.157 e. The summed E-state index contributed by atoms with van der Waals surface area (Å²) < 4.78 is 7.71. The van der Waals surface area contributed by atoms with E-state index in [2.05, 4.69) is 55.5 Å². The number of rotatable bonds is 8. The van der Waals surface area contributed by atoms with Gasteiger partial charge in [-0.25, -0.2) is 0 Å². The zero-order valence-corrected chi connectivity index (χ0v) is 13.2. The molecule has 21 heavy (non-hydrogen) atoms. The van der Waals surface area contributed by atoms with Gasteiger partial charge in [-0.15, -0.1) is 0 Å². The number of aryl methyl sites for hydroxylation is 1. The van der Waals surface area contributed by atoms with Gasteiger partial charge in [0, 0.05) is 12.6 Å². The number of aromatic nitrogens is 2. The molecule has 1 N–H and O–H groups in total. The first kappa shape index (κ1) is 15.6. The van der Waals surface area contributed by atoms with Gasteiger partial charge in [-0.05, 0) is 31.0 Å². The second-order valence-corrected chi connectivity index (χ2v) is 5.45. The Morgan fingerprint density at radius 2 is 2.00 bits per heavy atom. The minimum absolute atomic E-state index is 0.522. The highest BCUT2D eigenvalue weighted by Gasteiger charge is 2.04. The number of nitrogens with one attached hydrogen (secondary N) is 1. The fourth-order valence-corrected chi connectivity index (χ4v) is 2.19. The minimum atomic E-state index is 0.522. The van der Waals surface area contributed by atoms with Crippen molar-refractivity contribution in [1.82, 2.24) is 15.1 Å². The normalized spacial score (nSPS) is 11.0. The second kappa shape index (κ2) is 7.84. The molecule has 4 heteroatoms. The van der Waals surface area contributed by atoms with E-state index in [1.807, 2.05) is 10.9 Å². The molecule has 0 saturated carbocycles. The van der Waals surface area contributed by atoms with E-state index in [0.29, 0.717) is 12.6 Å². The highest BCUT2D eigenvalue weighted by atomic mass is 16.5. The van der Waals surface area contributed by atoms with Crippen LogP contribution in [0.4, 0.5) is 0 Å². The van der Waals surface area contributed by atoms with Crippen LogP contribution in [0.1, 0.15) is 31.9 Å². The van der Waals surface area contributed by atoms with Crippen molar-refractivity contribution in [3.8, 4) is 5.75 Å². The molecule has 1 aromatic carbocycles. The van der Waals surface area contributed by atoms with Crippen molar-refractivity contribution < 1.29 is 4.74 Å². The van der Waals surface area contributed by atoms with Gasteiger partial charge in [-0.2, -0.15) is 5.10 Å². The Kier molecular flexibility index (Phi) is 5.81. The molecule has 0 aliphatic rings. The Hall–Kier alpha value is -1.81. The predicted octanol–water partition coefficient (Wildman–Crippen LogP) is 3.02. The lowest BCUT2D eigenvalue weighted by molar-refractivity contribution is 0.304. The van der Waals surface area contributed by atoms with Crippen LogP contribution in [0, 0.1) is 0 Å². The average molecular weight is 287 g/mol. The van der Waals surface area contributed by atoms with Gasteiger partial charge in [0.1, 0.15) is 6.61 Å². The lowest BCUT2D eigenvalue weighted by atomic mass is 10.1. The van der Waals surface area contributed by atoms with Crippen LogP contribution in [0.5, 0.6) is 5.75 Å². The van der Waals surface area contributed by atoms with Crippen molar-refractivity contribution in [3.05, 3.63) is 47.8 Å². The topological polar surface area (TPSA) is 39.1 Å². The van der Waals surface area contributed by atoms with Gasteiger partial charge in [0.05, 0.1) is 12.4 Å². The molecule has 114 valence electrons. The third-order valence-electron chi connectivity index (χ3n) is 3.39. The van der Waals surface area contributed by atoms with Gasteiger partial charge < -0.3 is 10.1 Å². The molecule has 2 rings (SSSR count). The van der Waals surface area contributed by atoms with Gasteiger partial charge >= 0.3 is 0 Å². The summed E-state index contributed by atoms with van der Waals surface area (Å²) in [5, 5.41) is 7.67. The molecule has 0 aliphatic carbocycles. The van der Waals surface area contributed by atoms with Crippen molar-refractivity contribution in [2.45, 2.75) is 46.4 Å². The fraction of sp³-hybridized carbons (Fsp3) is 0.471. The molecular formula is C17H25N3O. The summed E-state index contributed by atoms with van der Waals surface area (Å²) in [6.45, 7) is 8.84. The first-order valence-electron chi connectivity index (χ1n) is 7.64. The zero-order chi connectivity index (χ0) is 15.1. The van der Waals surface area contributed by atoms with Crippen molar-refractivity contribution in [2.24, 2.45) is 0 Å². The summed E-state index contributed by atoms with van der Waals surface area (Å²) in [5.74, 6) is 0.826. The van der Waals surface area contributed by atoms with Gasteiger partial charge in [-0.3, -0.25) is 4.68 Å². The van der Waals surface area contributed by atoms with Crippen molar-refractivity contribution in [3.63, 3.8) is 0 Å². The minimum Gasteiger partial charge on any atom is -0.486 e. The van der Waals surface area contributed by atoms with Crippen molar-refractivity contribution in [2.75, 3.05) is 6.54 Å². The first-order chi connectivity index (χ1) is 10.2. The van der Waals surface area contributed by atoms with Gasteiger partial charge in [-0.1, -0.05) is 38.1 Å². The maximum Gasteiger partial charge on any atom is 0.157 e. The third kappa shape index (κ3) is 4.90. The van der Waals surface area contributed by atoms with E-state index in [9.17, 15) is 0 Å². The molecule has 4 nitrogen and oxygen atoms in total. The van der Waals surface area contributed by atoms with E-state index in [1.54, 1.807) is 6.20 Å². The molecular weight excluding hydrogens is 262 g/mol. The number of ether oxygens (including phenoxy) is 1. The third-order valence-corrected chi connectivity index (χ3v) is 3.39. The molecule has 0 spiro atoms. The van der Waals surface area contributed by atoms with Crippen LogP contribution < -0.4 is 10.1 Å². The van der Waals surface area contributed by atoms with Crippen molar-refractivity contribution in [1.29, 1.82) is 0 Å². The van der Waals surface area contributed by atoms with Crippen molar-refractivity contribution >= 4 is 0 Å². The molecule has 2 aromatic rings. The first-order valence-corrected chi connectivity index (χ1v) is 7.64. The van der Waals surface area contributed by atoms with E-state index in [0.717, 1.165) is 25.3 Å². The lowest BCUT2D eigenvalue weighted by Crippen LogP contribution is -2.25. The highest BCUT2D eigenvalue weighted by molar-refractivity contribution is 5.27. The van der Waals surface area contributed by atoms with E-state index in [-0.39, 0.29) is 0 Å². The lowest BCUT2D eigenvalue weighted by Gasteiger charge is -2.12. The zero-order valence-electron chi connectivity index (χ0n) is 13.2. The van der Waals surface area contributed by atoms with Crippen LogP contribution in [0.15, 0.2) is 36.7 Å². The molecule has 0 atom stereocenters. The second-order valence-electron chi connectivity index (χ2n) is 5.45. The summed E-state index contributed by atoms with van der Waals surface area (Å²) in [4.78, 5) is 0. The average Bonchev–Trinajstić information content (AvgIpc) is 2.94. The van der Waals surface area contributed by atoms with E-state index < -0.39 is 0 Å². The number of hydrogen-bond acceptors (Lipinski definition) is 3. The Morgan fingerprint density at radius 1 is 1.24 bits per heavy atom. The molecule has 0 fully saturated rings. The molecule has 0 bridgehead atoms. The molecule has 0 radical (unpaired) electrons. The number of hydrogen-bond donors (Lipinski definition) is 1. The van der Waals surface area contributed by atoms with Crippen LogP contribution in [0.3, 0.4) is 0 Å². The van der Waals surface area contributed by atoms with Crippen LogP contribution in [0.2, 0.25) is 0 Å². The summed E-state index contributed by atoms with van der Waals surface area (Å²) in [6.07, 6.45) is 4.72. The summed E-state index contributed by atoms with van der Waals surface area (Å²) in [5.41, 5.74) is 2.58. The van der Waals surface area contributed by atoms with Crippen LogP contribution in [-0.2, 0) is 19.6 Å². The van der Waals surface area contributed by atoms with Crippen LogP contribution in [-0.4, -0.2) is 22.4 Å². The monoisotopic (exact) mass is 287 g/mol. The maximum absolute atomic E-state index is 5.84. The Balaban J connectivity index is 1.92. The van der Waals surface area contributed by atoms with Gasteiger partial charge in [0.25, 0.3) is 0 Å². The SMILES string of the molecule is CCn1cc(OCc2ccccc2CCNC(C)C)cn1. The number of nitrogens with zero attached hydrogens (tertiary/aromatic N) is 2. The highest BCUT2D eigenvalue weighted by Crippen LogP contribution is 2.15. The summed E-state index contributed by atoms with van der Waals surface area (Å²) in [7, 11) is 0. The van der Waals surface area contributed by atoms with Crippen LogP contribution in [0.25, 0.3) is 0 Å². The molecule has 1 heterocycles. The molecule has 0 unspecified atom stereocenters. The Morgan fingerprint density at radius 3 is 2.67 bits per heavy atom. The quantitative estimate of drug-likeness (QED) is 0.811.